The molecule has 1 aromatic carbocycles. The minimum Gasteiger partial charge on any atom is -0.497 e. The van der Waals surface area contributed by atoms with E-state index in [0.29, 0.717) is 59.3 Å². The number of benzene rings is 1. The zero-order valence-electron chi connectivity index (χ0n) is 20.1. The maximum absolute atomic E-state index is 12.3. The summed E-state index contributed by atoms with van der Waals surface area (Å²) in [5.74, 6) is 3.31. The first-order valence-electron chi connectivity index (χ1n) is 11.4. The maximum Gasteiger partial charge on any atom is 0.315 e. The lowest BCUT2D eigenvalue weighted by Crippen LogP contribution is -2.55. The van der Waals surface area contributed by atoms with Crippen LogP contribution in [0.2, 0.25) is 0 Å². The number of ether oxygens (including phenoxy) is 5. The quantitative estimate of drug-likeness (QED) is 0.198. The largest absolute Gasteiger partial charge is 0.497 e. The van der Waals surface area contributed by atoms with Crippen LogP contribution in [0.5, 0.6) is 5.75 Å². The van der Waals surface area contributed by atoms with E-state index >= 15 is 0 Å². The van der Waals surface area contributed by atoms with Gasteiger partial charge in [-0.3, -0.25) is 4.79 Å². The van der Waals surface area contributed by atoms with Gasteiger partial charge in [0.15, 0.2) is 0 Å². The van der Waals surface area contributed by atoms with Crippen LogP contribution in [-0.2, 0) is 30.3 Å². The number of hydrogen-bond donors (Lipinski definition) is 3. The van der Waals surface area contributed by atoms with Gasteiger partial charge < -0.3 is 39.6 Å². The van der Waals surface area contributed by atoms with Crippen molar-refractivity contribution in [2.24, 2.45) is 5.92 Å². The second-order valence-corrected chi connectivity index (χ2v) is 8.66. The van der Waals surface area contributed by atoms with Crippen LogP contribution in [0.15, 0.2) is 24.3 Å². The van der Waals surface area contributed by atoms with Crippen LogP contribution in [0.3, 0.4) is 0 Å². The van der Waals surface area contributed by atoms with Gasteiger partial charge in [-0.2, -0.15) is 0 Å². The molecule has 1 aliphatic heterocycles. The van der Waals surface area contributed by atoms with E-state index in [4.69, 9.17) is 30.1 Å². The summed E-state index contributed by atoms with van der Waals surface area (Å²) < 4.78 is 26.8. The number of hydrogen-bond acceptors (Lipinski definition) is 8. The van der Waals surface area contributed by atoms with Crippen molar-refractivity contribution >= 4 is 23.7 Å². The van der Waals surface area contributed by atoms with Gasteiger partial charge in [0.25, 0.3) is 0 Å². The smallest absolute Gasteiger partial charge is 0.315 e. The van der Waals surface area contributed by atoms with E-state index in [1.165, 1.54) is 11.8 Å². The highest BCUT2D eigenvalue weighted by atomic mass is 32.2. The molecule has 11 heteroatoms. The molecule has 35 heavy (non-hydrogen) atoms. The highest BCUT2D eigenvalue weighted by Gasteiger charge is 2.29. The van der Waals surface area contributed by atoms with E-state index < -0.39 is 0 Å². The van der Waals surface area contributed by atoms with Gasteiger partial charge in [0.05, 0.1) is 64.5 Å². The minimum atomic E-state index is -0.245. The van der Waals surface area contributed by atoms with Gasteiger partial charge in [-0.15, -0.1) is 18.2 Å². The van der Waals surface area contributed by atoms with Crippen LogP contribution in [0.4, 0.5) is 4.79 Å². The molecule has 1 aliphatic rings. The van der Waals surface area contributed by atoms with Crippen LogP contribution in [0.25, 0.3) is 0 Å². The SMILES string of the molecule is C#CCOCCOCCOCCOCC1CNC(=O)NC1SCC(=O)NCc1ccc(OC)cc1. The molecule has 2 unspecified atom stereocenters. The summed E-state index contributed by atoms with van der Waals surface area (Å²) in [7, 11) is 1.61. The molecule has 2 atom stereocenters. The molecule has 0 aliphatic carbocycles. The van der Waals surface area contributed by atoms with E-state index in [1.54, 1.807) is 7.11 Å². The van der Waals surface area contributed by atoms with Gasteiger partial charge in [-0.25, -0.2) is 4.79 Å². The summed E-state index contributed by atoms with van der Waals surface area (Å²) in [6, 6.07) is 7.26. The Balaban J connectivity index is 1.56. The van der Waals surface area contributed by atoms with E-state index in [2.05, 4.69) is 21.9 Å². The van der Waals surface area contributed by atoms with E-state index in [1.807, 2.05) is 24.3 Å². The van der Waals surface area contributed by atoms with Crippen molar-refractivity contribution in [1.82, 2.24) is 16.0 Å². The lowest BCUT2D eigenvalue weighted by Gasteiger charge is -2.32. The fourth-order valence-corrected chi connectivity index (χ4v) is 4.11. The molecule has 2 rings (SSSR count). The Morgan fingerprint density at radius 2 is 1.74 bits per heavy atom. The number of rotatable bonds is 18. The predicted octanol–water partition coefficient (Wildman–Crippen LogP) is 0.999. The molecule has 0 aromatic heterocycles. The molecule has 1 aromatic rings. The van der Waals surface area contributed by atoms with E-state index in [9.17, 15) is 9.59 Å². The number of nitrogens with one attached hydrogen (secondary N) is 3. The Morgan fingerprint density at radius 1 is 1.09 bits per heavy atom. The normalized spacial score (nSPS) is 17.2. The third-order valence-corrected chi connectivity index (χ3v) is 6.19. The van der Waals surface area contributed by atoms with Crippen molar-refractivity contribution in [3.8, 4) is 18.1 Å². The van der Waals surface area contributed by atoms with E-state index in [-0.39, 0.29) is 35.6 Å². The van der Waals surface area contributed by atoms with Gasteiger partial charge in [0.1, 0.15) is 12.4 Å². The summed E-state index contributed by atoms with van der Waals surface area (Å²) in [6.07, 6.45) is 5.08. The van der Waals surface area contributed by atoms with Gasteiger partial charge in [-0.1, -0.05) is 18.1 Å². The van der Waals surface area contributed by atoms with E-state index in [0.717, 1.165) is 11.3 Å². The summed E-state index contributed by atoms with van der Waals surface area (Å²) in [4.78, 5) is 24.1. The Morgan fingerprint density at radius 3 is 2.40 bits per heavy atom. The lowest BCUT2D eigenvalue weighted by atomic mass is 10.1. The third-order valence-electron chi connectivity index (χ3n) is 4.90. The second kappa shape index (κ2) is 17.9. The number of carbonyl (C=O) groups excluding carboxylic acids is 2. The average molecular weight is 510 g/mol. The van der Waals surface area contributed by atoms with Crippen LogP contribution < -0.4 is 20.7 Å². The molecule has 1 heterocycles. The topological polar surface area (TPSA) is 116 Å². The fraction of sp³-hybridized carbons (Fsp3) is 0.583. The number of urea groups is 1. The summed E-state index contributed by atoms with van der Waals surface area (Å²) >= 11 is 1.39. The second-order valence-electron chi connectivity index (χ2n) is 7.53. The van der Waals surface area contributed by atoms with Crippen LogP contribution >= 0.6 is 11.8 Å². The Hall–Kier alpha value is -2.49. The molecule has 0 radical (unpaired) electrons. The van der Waals surface area contributed by atoms with Crippen molar-refractivity contribution in [3.05, 3.63) is 29.8 Å². The van der Waals surface area contributed by atoms with Crippen molar-refractivity contribution in [3.63, 3.8) is 0 Å². The molecule has 10 nitrogen and oxygen atoms in total. The lowest BCUT2D eigenvalue weighted by molar-refractivity contribution is -0.118. The first kappa shape index (κ1) is 28.7. The number of carbonyl (C=O) groups is 2. The van der Waals surface area contributed by atoms with Crippen molar-refractivity contribution in [2.75, 3.05) is 72.3 Å². The van der Waals surface area contributed by atoms with Crippen LogP contribution in [0, 0.1) is 18.3 Å². The molecule has 1 fully saturated rings. The van der Waals surface area contributed by atoms with Crippen LogP contribution in [0.1, 0.15) is 5.56 Å². The highest BCUT2D eigenvalue weighted by molar-refractivity contribution is 8.00. The van der Waals surface area contributed by atoms with Crippen LogP contribution in [-0.4, -0.2) is 89.6 Å². The number of amides is 3. The molecular formula is C24H35N3O7S. The summed E-state index contributed by atoms with van der Waals surface area (Å²) in [5.41, 5.74) is 0.980. The number of terminal acetylenes is 1. The first-order valence-corrected chi connectivity index (χ1v) is 12.5. The first-order chi connectivity index (χ1) is 17.1. The molecule has 3 amide bonds. The summed E-state index contributed by atoms with van der Waals surface area (Å²) in [6.45, 7) is 4.36. The molecule has 0 bridgehead atoms. The van der Waals surface area contributed by atoms with Crippen molar-refractivity contribution in [2.45, 2.75) is 11.9 Å². The fourth-order valence-electron chi connectivity index (χ4n) is 3.04. The number of methoxy groups -OCH3 is 1. The molecule has 3 N–H and O–H groups in total. The molecule has 1 saturated heterocycles. The molecule has 0 spiro atoms. The Kier molecular flexibility index (Phi) is 14.7. The Labute approximate surface area is 211 Å². The predicted molar refractivity (Wildman–Crippen MR) is 133 cm³/mol. The standard InChI is InChI=1S/C24H35N3O7S/c1-3-8-31-9-10-32-11-12-33-13-14-34-17-20-16-26-24(29)27-23(20)35-18-22(28)25-15-19-4-6-21(30-2)7-5-19/h1,4-7,20,23H,8-18H2,2H3,(H,25,28)(H2,26,27,29). The van der Waals surface area contributed by atoms with Gasteiger partial charge in [0.2, 0.25) is 5.91 Å². The minimum absolute atomic E-state index is 0.0263. The third kappa shape index (κ3) is 12.7. The molecular weight excluding hydrogens is 474 g/mol. The molecule has 194 valence electrons. The average Bonchev–Trinajstić information content (AvgIpc) is 2.88. The summed E-state index contributed by atoms with van der Waals surface area (Å²) in [5, 5.41) is 8.32. The maximum atomic E-state index is 12.3. The monoisotopic (exact) mass is 509 g/mol. The van der Waals surface area contributed by atoms with Crippen molar-refractivity contribution < 1.29 is 33.3 Å². The number of thioether (sulfide) groups is 1. The van der Waals surface area contributed by atoms with Gasteiger partial charge in [0, 0.05) is 19.0 Å². The zero-order chi connectivity index (χ0) is 25.1. The Bertz CT molecular complexity index is 788. The molecule has 0 saturated carbocycles. The zero-order valence-corrected chi connectivity index (χ0v) is 20.9. The van der Waals surface area contributed by atoms with Gasteiger partial charge in [-0.05, 0) is 17.7 Å². The van der Waals surface area contributed by atoms with Crippen molar-refractivity contribution in [1.29, 1.82) is 0 Å². The highest BCUT2D eigenvalue weighted by Crippen LogP contribution is 2.20. The van der Waals surface area contributed by atoms with Gasteiger partial charge >= 0.3 is 6.03 Å².